The normalized spacial score (nSPS) is 37.9. The summed E-state index contributed by atoms with van der Waals surface area (Å²) in [5.74, 6) is 1.50. The third kappa shape index (κ3) is 1.98. The summed E-state index contributed by atoms with van der Waals surface area (Å²) in [6.45, 7) is 10.8. The van der Waals surface area contributed by atoms with Crippen LogP contribution in [0.1, 0.15) is 46.5 Å². The van der Waals surface area contributed by atoms with Gasteiger partial charge in [-0.1, -0.05) is 32.1 Å². The maximum atomic E-state index is 9.44. The molecular weight excluding hydrogens is 212 g/mol. The second-order valence-corrected chi connectivity index (χ2v) is 6.07. The lowest BCUT2D eigenvalue weighted by molar-refractivity contribution is -0.332. The first kappa shape index (κ1) is 12.8. The van der Waals surface area contributed by atoms with Gasteiger partial charge in [0, 0.05) is 5.92 Å². The van der Waals surface area contributed by atoms with Gasteiger partial charge in [0.05, 0.1) is 0 Å². The third-order valence-corrected chi connectivity index (χ3v) is 4.75. The Labute approximate surface area is 104 Å². The number of hydrogen-bond acceptors (Lipinski definition) is 2. The van der Waals surface area contributed by atoms with E-state index in [4.69, 9.17) is 4.89 Å². The first-order valence-electron chi connectivity index (χ1n) is 6.69. The topological polar surface area (TPSA) is 29.5 Å². The van der Waals surface area contributed by atoms with Crippen LogP contribution in [0.15, 0.2) is 23.8 Å². The minimum atomic E-state index is -0.507. The predicted octanol–water partition coefficient (Wildman–Crippen LogP) is 4.19. The fourth-order valence-electron chi connectivity index (χ4n) is 3.61. The summed E-state index contributed by atoms with van der Waals surface area (Å²) in [6.07, 6.45) is 6.33. The smallest absolute Gasteiger partial charge is 0.131 e. The van der Waals surface area contributed by atoms with Crippen molar-refractivity contribution in [2.45, 2.75) is 52.1 Å². The zero-order chi connectivity index (χ0) is 12.6. The van der Waals surface area contributed by atoms with Gasteiger partial charge in [-0.25, -0.2) is 4.89 Å². The van der Waals surface area contributed by atoms with Gasteiger partial charge in [0.2, 0.25) is 0 Å². The molecule has 2 rings (SSSR count). The molecule has 0 saturated heterocycles. The zero-order valence-corrected chi connectivity index (χ0v) is 11.2. The quantitative estimate of drug-likeness (QED) is 0.442. The zero-order valence-electron chi connectivity index (χ0n) is 11.2. The molecule has 0 heterocycles. The fourth-order valence-corrected chi connectivity index (χ4v) is 3.61. The second-order valence-electron chi connectivity index (χ2n) is 6.07. The Hall–Kier alpha value is -0.600. The fraction of sp³-hybridized carbons (Fsp3) is 0.733. The van der Waals surface area contributed by atoms with Crippen molar-refractivity contribution in [2.24, 2.45) is 17.8 Å². The summed E-state index contributed by atoms with van der Waals surface area (Å²) in [7, 11) is 0. The van der Waals surface area contributed by atoms with Crippen molar-refractivity contribution in [1.29, 1.82) is 0 Å². The van der Waals surface area contributed by atoms with Gasteiger partial charge in [0.15, 0.2) is 0 Å². The van der Waals surface area contributed by atoms with Crippen LogP contribution in [-0.2, 0) is 4.89 Å². The molecule has 3 atom stereocenters. The Kier molecular flexibility index (Phi) is 3.46. The van der Waals surface area contributed by atoms with Crippen LogP contribution in [0.2, 0.25) is 0 Å². The average molecular weight is 236 g/mol. The molecule has 2 heteroatoms. The summed E-state index contributed by atoms with van der Waals surface area (Å²) in [5, 5.41) is 9.44. The summed E-state index contributed by atoms with van der Waals surface area (Å²) < 4.78 is 0. The Morgan fingerprint density at radius 3 is 2.76 bits per heavy atom. The van der Waals surface area contributed by atoms with Gasteiger partial charge in [-0.15, -0.1) is 0 Å². The van der Waals surface area contributed by atoms with Crippen molar-refractivity contribution in [3.63, 3.8) is 0 Å². The molecule has 0 aliphatic heterocycles. The molecule has 0 radical (unpaired) electrons. The van der Waals surface area contributed by atoms with E-state index in [1.807, 2.05) is 0 Å². The first-order chi connectivity index (χ1) is 8.01. The van der Waals surface area contributed by atoms with E-state index < -0.39 is 5.60 Å². The van der Waals surface area contributed by atoms with E-state index in [-0.39, 0.29) is 0 Å². The van der Waals surface area contributed by atoms with Crippen molar-refractivity contribution in [3.8, 4) is 0 Å². The lowest BCUT2D eigenvalue weighted by atomic mass is 9.59. The monoisotopic (exact) mass is 236 g/mol. The number of rotatable bonds is 2. The van der Waals surface area contributed by atoms with Crippen molar-refractivity contribution in [2.75, 3.05) is 0 Å². The molecule has 0 unspecified atom stereocenters. The summed E-state index contributed by atoms with van der Waals surface area (Å²) in [4.78, 5) is 4.98. The van der Waals surface area contributed by atoms with E-state index in [9.17, 15) is 5.26 Å². The molecule has 2 nitrogen and oxygen atoms in total. The van der Waals surface area contributed by atoms with E-state index in [1.165, 1.54) is 5.57 Å². The molecule has 0 aromatic carbocycles. The van der Waals surface area contributed by atoms with Gasteiger partial charge in [-0.2, -0.15) is 0 Å². The number of hydrogen-bond donors (Lipinski definition) is 1. The number of allylic oxidation sites excluding steroid dienone is 1. The van der Waals surface area contributed by atoms with Gasteiger partial charge < -0.3 is 0 Å². The maximum Gasteiger partial charge on any atom is 0.131 e. The van der Waals surface area contributed by atoms with E-state index in [0.717, 1.165) is 31.3 Å². The van der Waals surface area contributed by atoms with Gasteiger partial charge in [-0.05, 0) is 50.0 Å². The van der Waals surface area contributed by atoms with E-state index in [0.29, 0.717) is 17.8 Å². The molecule has 2 aliphatic carbocycles. The van der Waals surface area contributed by atoms with Crippen molar-refractivity contribution in [3.05, 3.63) is 23.8 Å². The van der Waals surface area contributed by atoms with Crippen LogP contribution in [-0.4, -0.2) is 10.9 Å². The highest BCUT2D eigenvalue weighted by molar-refractivity contribution is 5.28. The summed E-state index contributed by atoms with van der Waals surface area (Å²) in [6, 6.07) is 0. The Morgan fingerprint density at radius 2 is 2.18 bits per heavy atom. The highest BCUT2D eigenvalue weighted by Crippen LogP contribution is 2.51. The molecule has 0 aromatic heterocycles. The van der Waals surface area contributed by atoms with Crippen LogP contribution in [0.4, 0.5) is 0 Å². The van der Waals surface area contributed by atoms with Crippen LogP contribution in [0, 0.1) is 17.8 Å². The van der Waals surface area contributed by atoms with Crippen LogP contribution < -0.4 is 0 Å². The number of fused-ring (bicyclic) bond motifs is 1. The van der Waals surface area contributed by atoms with E-state index >= 15 is 0 Å². The van der Waals surface area contributed by atoms with Gasteiger partial charge in [0.1, 0.15) is 5.60 Å². The van der Waals surface area contributed by atoms with Crippen LogP contribution >= 0.6 is 0 Å². The highest BCUT2D eigenvalue weighted by Gasteiger charge is 2.50. The Balaban J connectivity index is 2.40. The minimum absolute atomic E-state index is 0.294. The molecule has 0 bridgehead atoms. The van der Waals surface area contributed by atoms with E-state index in [1.54, 1.807) is 0 Å². The maximum absolute atomic E-state index is 9.44. The average Bonchev–Trinajstić information content (AvgIpc) is 2.29. The van der Waals surface area contributed by atoms with Crippen LogP contribution in [0.3, 0.4) is 0 Å². The Bertz CT molecular complexity index is 343. The molecule has 96 valence electrons. The lowest BCUT2D eigenvalue weighted by Crippen LogP contribution is -2.50. The molecule has 0 aromatic rings. The van der Waals surface area contributed by atoms with Crippen LogP contribution in [0.5, 0.6) is 0 Å². The molecule has 0 amide bonds. The van der Waals surface area contributed by atoms with Crippen molar-refractivity contribution >= 4 is 0 Å². The summed E-state index contributed by atoms with van der Waals surface area (Å²) >= 11 is 0. The Morgan fingerprint density at radius 1 is 1.47 bits per heavy atom. The minimum Gasteiger partial charge on any atom is -0.251 e. The molecule has 1 saturated carbocycles. The molecule has 2 aliphatic rings. The molecule has 1 N–H and O–H groups in total. The molecule has 1 fully saturated rings. The van der Waals surface area contributed by atoms with Crippen LogP contribution in [0.25, 0.3) is 0 Å². The molecule has 17 heavy (non-hydrogen) atoms. The first-order valence-corrected chi connectivity index (χ1v) is 6.69. The standard InChI is InChI=1S/C15H24O2/c1-10(2)13-6-5-12(4)15(17-16)8-7-11(3)9-14(13)15/h9-10,13-14,16H,4-8H2,1-3H3/t13-,14-,15+/m0/s1. The van der Waals surface area contributed by atoms with Gasteiger partial charge in [-0.3, -0.25) is 5.26 Å². The highest BCUT2D eigenvalue weighted by atomic mass is 17.1. The second kappa shape index (κ2) is 4.58. The SMILES string of the molecule is C=C1CC[C@@H](C(C)C)[C@@H]2C=C(C)CC[C@@]12OO. The van der Waals surface area contributed by atoms with Crippen molar-refractivity contribution < 1.29 is 10.1 Å². The van der Waals surface area contributed by atoms with E-state index in [2.05, 4.69) is 33.4 Å². The largest absolute Gasteiger partial charge is 0.251 e. The predicted molar refractivity (Wildman–Crippen MR) is 69.6 cm³/mol. The third-order valence-electron chi connectivity index (χ3n) is 4.75. The van der Waals surface area contributed by atoms with Gasteiger partial charge in [0.25, 0.3) is 0 Å². The van der Waals surface area contributed by atoms with Crippen molar-refractivity contribution in [1.82, 2.24) is 0 Å². The van der Waals surface area contributed by atoms with Gasteiger partial charge >= 0.3 is 0 Å². The molecular formula is C15H24O2. The lowest BCUT2D eigenvalue weighted by Gasteiger charge is -2.49. The molecule has 0 spiro atoms. The summed E-state index contributed by atoms with van der Waals surface area (Å²) in [5.41, 5.74) is 1.99.